The van der Waals surface area contributed by atoms with Crippen molar-refractivity contribution in [2.75, 3.05) is 7.11 Å². The second kappa shape index (κ2) is 4.43. The predicted molar refractivity (Wildman–Crippen MR) is 72.8 cm³/mol. The Bertz CT molecular complexity index is 744. The molecule has 3 rings (SSSR count). The van der Waals surface area contributed by atoms with Crippen LogP contribution < -0.4 is 4.74 Å². The van der Waals surface area contributed by atoms with E-state index in [9.17, 15) is 0 Å². The first-order chi connectivity index (χ1) is 9.13. The highest BCUT2D eigenvalue weighted by atomic mass is 35.5. The molecule has 0 aliphatic rings. The molecule has 2 aromatic heterocycles. The quantitative estimate of drug-likeness (QED) is 0.726. The summed E-state index contributed by atoms with van der Waals surface area (Å²) in [7, 11) is 3.33. The van der Waals surface area contributed by atoms with E-state index in [-0.39, 0.29) is 0 Å². The number of aromatic nitrogens is 3. The maximum Gasteiger partial charge on any atom is 0.189 e. The van der Waals surface area contributed by atoms with Gasteiger partial charge in [0.15, 0.2) is 5.58 Å². The van der Waals surface area contributed by atoms with Gasteiger partial charge in [0, 0.05) is 7.05 Å². The predicted octanol–water partition coefficient (Wildman–Crippen LogP) is 3.54. The van der Waals surface area contributed by atoms with Crippen LogP contribution in [0.5, 0.6) is 5.75 Å². The van der Waals surface area contributed by atoms with E-state index in [1.54, 1.807) is 31.1 Å². The van der Waals surface area contributed by atoms with Crippen molar-refractivity contribution in [1.82, 2.24) is 14.9 Å². The topological polar surface area (TPSA) is 53.1 Å². The Kier molecular flexibility index (Phi) is 2.88. The van der Waals surface area contributed by atoms with Gasteiger partial charge in [0.2, 0.25) is 0 Å². The van der Waals surface area contributed by atoms with E-state index in [0.717, 1.165) is 5.39 Å². The van der Waals surface area contributed by atoms with Crippen LogP contribution in [0.25, 0.3) is 22.4 Å². The van der Waals surface area contributed by atoms with Crippen molar-refractivity contribution in [1.29, 1.82) is 0 Å². The van der Waals surface area contributed by atoms with Crippen LogP contribution in [0.1, 0.15) is 0 Å². The molecule has 19 heavy (non-hydrogen) atoms. The highest BCUT2D eigenvalue weighted by Gasteiger charge is 2.20. The molecule has 0 amide bonds. The zero-order chi connectivity index (χ0) is 13.6. The summed E-state index contributed by atoms with van der Waals surface area (Å²) in [5, 5.41) is 9.77. The van der Waals surface area contributed by atoms with Gasteiger partial charge in [-0.3, -0.25) is 4.68 Å². The largest absolute Gasteiger partial charge is 0.495 e. The summed E-state index contributed by atoms with van der Waals surface area (Å²) in [5.74, 6) is 0.535. The summed E-state index contributed by atoms with van der Waals surface area (Å²) >= 11 is 12.3. The van der Waals surface area contributed by atoms with Gasteiger partial charge < -0.3 is 9.26 Å². The van der Waals surface area contributed by atoms with E-state index in [0.29, 0.717) is 32.8 Å². The van der Waals surface area contributed by atoms with Crippen molar-refractivity contribution in [2.24, 2.45) is 7.05 Å². The molecule has 0 aliphatic heterocycles. The summed E-state index contributed by atoms with van der Waals surface area (Å²) in [6.45, 7) is 0. The smallest absolute Gasteiger partial charge is 0.189 e. The number of fused-ring (bicyclic) bond motifs is 1. The van der Waals surface area contributed by atoms with Gasteiger partial charge >= 0.3 is 0 Å². The summed E-state index contributed by atoms with van der Waals surface area (Å²) in [6, 6.07) is 3.59. The molecule has 2 heterocycles. The van der Waals surface area contributed by atoms with Gasteiger partial charge in [0.05, 0.1) is 23.7 Å². The SMILES string of the molecule is COc1ccc2c(-c3c(Cl)cnn3C)noc2c1Cl. The normalized spacial score (nSPS) is 11.2. The van der Waals surface area contributed by atoms with Crippen molar-refractivity contribution >= 4 is 34.2 Å². The monoisotopic (exact) mass is 297 g/mol. The van der Waals surface area contributed by atoms with Gasteiger partial charge in [-0.15, -0.1) is 0 Å². The Morgan fingerprint density at radius 1 is 1.32 bits per heavy atom. The maximum atomic E-state index is 6.18. The van der Waals surface area contributed by atoms with Crippen molar-refractivity contribution < 1.29 is 9.26 Å². The number of aryl methyl sites for hydroxylation is 1. The second-order valence-corrected chi connectivity index (χ2v) is 4.74. The second-order valence-electron chi connectivity index (χ2n) is 3.95. The van der Waals surface area contributed by atoms with E-state index in [1.807, 2.05) is 6.07 Å². The molecule has 0 saturated carbocycles. The molecule has 3 aromatic rings. The molecule has 0 bridgehead atoms. The number of benzene rings is 1. The number of halogens is 2. The van der Waals surface area contributed by atoms with E-state index in [4.69, 9.17) is 32.5 Å². The summed E-state index contributed by atoms with van der Waals surface area (Å²) < 4.78 is 12.1. The molecule has 0 fully saturated rings. The fraction of sp³-hybridized carbons (Fsp3) is 0.167. The Hall–Kier alpha value is -1.72. The zero-order valence-corrected chi connectivity index (χ0v) is 11.7. The minimum absolute atomic E-state index is 0.386. The van der Waals surface area contributed by atoms with Crippen LogP contribution in [0.4, 0.5) is 0 Å². The first-order valence-corrected chi connectivity index (χ1v) is 6.18. The van der Waals surface area contributed by atoms with Gasteiger partial charge in [-0.2, -0.15) is 5.10 Å². The Morgan fingerprint density at radius 3 is 2.74 bits per heavy atom. The minimum atomic E-state index is 0.386. The van der Waals surface area contributed by atoms with E-state index in [2.05, 4.69) is 10.3 Å². The minimum Gasteiger partial charge on any atom is -0.495 e. The maximum absolute atomic E-state index is 6.18. The van der Waals surface area contributed by atoms with Gasteiger partial charge in [-0.1, -0.05) is 28.4 Å². The third-order valence-corrected chi connectivity index (χ3v) is 3.52. The molecule has 0 unspecified atom stereocenters. The number of methoxy groups -OCH3 is 1. The van der Waals surface area contributed by atoms with Gasteiger partial charge in [-0.05, 0) is 12.1 Å². The van der Waals surface area contributed by atoms with Crippen LogP contribution in [-0.4, -0.2) is 22.0 Å². The van der Waals surface area contributed by atoms with E-state index < -0.39 is 0 Å². The Balaban J connectivity index is 2.30. The number of rotatable bonds is 2. The molecular formula is C12H9Cl2N3O2. The fourth-order valence-electron chi connectivity index (χ4n) is 1.96. The van der Waals surface area contributed by atoms with E-state index >= 15 is 0 Å². The molecule has 0 aliphatic carbocycles. The molecule has 0 atom stereocenters. The third kappa shape index (κ3) is 1.77. The number of hydrogen-bond acceptors (Lipinski definition) is 4. The van der Waals surface area contributed by atoms with Crippen molar-refractivity contribution in [3.05, 3.63) is 28.4 Å². The highest BCUT2D eigenvalue weighted by molar-refractivity contribution is 6.37. The Labute approximate surface area is 118 Å². The molecule has 5 nitrogen and oxygen atoms in total. The molecule has 98 valence electrons. The van der Waals surface area contributed by atoms with Crippen LogP contribution >= 0.6 is 23.2 Å². The fourth-order valence-corrected chi connectivity index (χ4v) is 2.49. The molecule has 7 heteroatoms. The number of ether oxygens (including phenoxy) is 1. The molecule has 0 N–H and O–H groups in total. The first-order valence-electron chi connectivity index (χ1n) is 5.43. The standard InChI is InChI=1S/C12H9Cl2N3O2/c1-17-11(7(13)5-15-17)10-6-3-4-8(18-2)9(14)12(6)19-16-10/h3-5H,1-2H3. The van der Waals surface area contributed by atoms with Gasteiger partial charge in [0.1, 0.15) is 22.2 Å². The molecule has 0 saturated heterocycles. The van der Waals surface area contributed by atoms with Crippen LogP contribution in [0, 0.1) is 0 Å². The average Bonchev–Trinajstić information content (AvgIpc) is 2.95. The van der Waals surface area contributed by atoms with E-state index in [1.165, 1.54) is 0 Å². The van der Waals surface area contributed by atoms with Crippen LogP contribution in [-0.2, 0) is 7.05 Å². The summed E-state index contributed by atoms with van der Waals surface area (Å²) in [5.41, 5.74) is 1.75. The lowest BCUT2D eigenvalue weighted by Crippen LogP contribution is -1.94. The van der Waals surface area contributed by atoms with Crippen LogP contribution in [0.2, 0.25) is 10.0 Å². The van der Waals surface area contributed by atoms with Gasteiger partial charge in [0.25, 0.3) is 0 Å². The summed E-state index contributed by atoms with van der Waals surface area (Å²) in [6.07, 6.45) is 1.56. The number of nitrogens with zero attached hydrogens (tertiary/aromatic N) is 3. The first kappa shape index (κ1) is 12.3. The molecule has 0 radical (unpaired) electrons. The van der Waals surface area contributed by atoms with Crippen LogP contribution in [0.15, 0.2) is 22.9 Å². The van der Waals surface area contributed by atoms with Crippen molar-refractivity contribution in [3.63, 3.8) is 0 Å². The lowest BCUT2D eigenvalue weighted by molar-refractivity contribution is 0.412. The summed E-state index contributed by atoms with van der Waals surface area (Å²) in [4.78, 5) is 0. The number of hydrogen-bond donors (Lipinski definition) is 0. The Morgan fingerprint density at radius 2 is 2.11 bits per heavy atom. The average molecular weight is 298 g/mol. The van der Waals surface area contributed by atoms with Gasteiger partial charge in [-0.25, -0.2) is 0 Å². The molecule has 0 spiro atoms. The third-order valence-electron chi connectivity index (χ3n) is 2.88. The lowest BCUT2D eigenvalue weighted by atomic mass is 10.1. The van der Waals surface area contributed by atoms with Crippen molar-refractivity contribution in [2.45, 2.75) is 0 Å². The highest BCUT2D eigenvalue weighted by Crippen LogP contribution is 2.38. The molecule has 1 aromatic carbocycles. The van der Waals surface area contributed by atoms with Crippen molar-refractivity contribution in [3.8, 4) is 17.1 Å². The molecular weight excluding hydrogens is 289 g/mol. The zero-order valence-electron chi connectivity index (χ0n) is 10.1. The van der Waals surface area contributed by atoms with Crippen LogP contribution in [0.3, 0.4) is 0 Å². The lowest BCUT2D eigenvalue weighted by Gasteiger charge is -2.02.